The highest BCUT2D eigenvalue weighted by molar-refractivity contribution is 5.85. The number of benzene rings is 1. The number of hydrogen-bond acceptors (Lipinski definition) is 2. The van der Waals surface area contributed by atoms with Crippen molar-refractivity contribution in [2.24, 2.45) is 0 Å². The molecule has 0 aliphatic carbocycles. The van der Waals surface area contributed by atoms with Crippen LogP contribution in [-0.4, -0.2) is 16.1 Å². The van der Waals surface area contributed by atoms with Gasteiger partial charge in [-0.3, -0.25) is 4.79 Å². The first-order chi connectivity index (χ1) is 9.60. The van der Waals surface area contributed by atoms with Gasteiger partial charge in [0, 0.05) is 17.3 Å². The number of pyridine rings is 1. The minimum Gasteiger partial charge on any atom is -0.478 e. The van der Waals surface area contributed by atoms with Gasteiger partial charge in [0.25, 0.3) is 5.56 Å². The van der Waals surface area contributed by atoms with E-state index in [1.165, 1.54) is 11.6 Å². The van der Waals surface area contributed by atoms with E-state index in [2.05, 4.69) is 11.9 Å². The summed E-state index contributed by atoms with van der Waals surface area (Å²) in [4.78, 5) is 25.0. The van der Waals surface area contributed by atoms with E-state index in [1.54, 1.807) is 12.1 Å². The number of rotatable bonds is 4. The van der Waals surface area contributed by atoms with E-state index in [1.807, 2.05) is 24.3 Å². The molecule has 0 bridgehead atoms. The molecule has 0 radical (unpaired) electrons. The summed E-state index contributed by atoms with van der Waals surface area (Å²) in [5, 5.41) is 8.55. The quantitative estimate of drug-likeness (QED) is 0.838. The summed E-state index contributed by atoms with van der Waals surface area (Å²) in [6, 6.07) is 11.3. The van der Waals surface area contributed by atoms with Crippen LogP contribution in [-0.2, 0) is 11.2 Å². The van der Waals surface area contributed by atoms with Crippen molar-refractivity contribution in [2.75, 3.05) is 0 Å². The lowest BCUT2D eigenvalue weighted by atomic mass is 10.1. The third-order valence-corrected chi connectivity index (χ3v) is 3.02. The van der Waals surface area contributed by atoms with Gasteiger partial charge in [0.05, 0.1) is 0 Å². The number of aliphatic carboxylic acids is 1. The van der Waals surface area contributed by atoms with Gasteiger partial charge >= 0.3 is 5.97 Å². The smallest absolute Gasteiger partial charge is 0.328 e. The van der Waals surface area contributed by atoms with Crippen LogP contribution in [0.15, 0.2) is 47.3 Å². The lowest BCUT2D eigenvalue weighted by Crippen LogP contribution is -2.09. The third kappa shape index (κ3) is 3.23. The summed E-state index contributed by atoms with van der Waals surface area (Å²) in [6.45, 7) is 2.08. The van der Waals surface area contributed by atoms with Gasteiger partial charge in [-0.05, 0) is 35.8 Å². The predicted molar refractivity (Wildman–Crippen MR) is 78.5 cm³/mol. The normalized spacial score (nSPS) is 10.8. The van der Waals surface area contributed by atoms with Crippen molar-refractivity contribution < 1.29 is 9.90 Å². The van der Waals surface area contributed by atoms with Gasteiger partial charge in [-0.2, -0.15) is 0 Å². The average Bonchev–Trinajstić information content (AvgIpc) is 2.46. The van der Waals surface area contributed by atoms with Crippen LogP contribution in [0.25, 0.3) is 17.3 Å². The molecular formula is C16H15NO3. The van der Waals surface area contributed by atoms with Gasteiger partial charge in [-0.25, -0.2) is 4.79 Å². The molecule has 0 aliphatic rings. The number of carbonyl (C=O) groups is 1. The lowest BCUT2D eigenvalue weighted by Gasteiger charge is -2.03. The Kier molecular flexibility index (Phi) is 4.15. The van der Waals surface area contributed by atoms with Crippen molar-refractivity contribution in [2.45, 2.75) is 13.3 Å². The highest BCUT2D eigenvalue weighted by Gasteiger charge is 2.02. The van der Waals surface area contributed by atoms with Gasteiger partial charge in [0.2, 0.25) is 0 Å². The minimum atomic E-state index is -1.08. The summed E-state index contributed by atoms with van der Waals surface area (Å²) >= 11 is 0. The van der Waals surface area contributed by atoms with Crippen molar-refractivity contribution in [3.63, 3.8) is 0 Å². The van der Waals surface area contributed by atoms with Crippen molar-refractivity contribution in [3.05, 3.63) is 64.0 Å². The van der Waals surface area contributed by atoms with E-state index >= 15 is 0 Å². The Bertz CT molecular complexity index is 696. The van der Waals surface area contributed by atoms with Crippen LogP contribution in [0.4, 0.5) is 0 Å². The second kappa shape index (κ2) is 6.02. The molecule has 4 nitrogen and oxygen atoms in total. The Morgan fingerprint density at radius 3 is 2.45 bits per heavy atom. The van der Waals surface area contributed by atoms with Crippen molar-refractivity contribution in [1.29, 1.82) is 0 Å². The molecule has 4 heteroatoms. The van der Waals surface area contributed by atoms with Crippen LogP contribution in [0, 0.1) is 0 Å². The third-order valence-electron chi connectivity index (χ3n) is 3.02. The molecule has 2 rings (SSSR count). The van der Waals surface area contributed by atoms with Crippen molar-refractivity contribution >= 4 is 12.0 Å². The molecule has 0 saturated carbocycles. The van der Waals surface area contributed by atoms with E-state index in [9.17, 15) is 9.59 Å². The molecule has 0 atom stereocenters. The SMILES string of the molecule is CCc1ccc(-c2ccc(/C=C/C(=O)O)c(=O)[nH]2)cc1. The second-order valence-corrected chi connectivity index (χ2v) is 4.38. The van der Waals surface area contributed by atoms with Crippen LogP contribution < -0.4 is 5.56 Å². The number of aromatic amines is 1. The Morgan fingerprint density at radius 1 is 1.20 bits per heavy atom. The Labute approximate surface area is 116 Å². The van der Waals surface area contributed by atoms with E-state index in [0.717, 1.165) is 18.1 Å². The highest BCUT2D eigenvalue weighted by Crippen LogP contribution is 2.17. The second-order valence-electron chi connectivity index (χ2n) is 4.38. The van der Waals surface area contributed by atoms with Crippen LogP contribution in [0.3, 0.4) is 0 Å². The zero-order valence-corrected chi connectivity index (χ0v) is 11.1. The molecule has 20 heavy (non-hydrogen) atoms. The molecule has 1 aromatic carbocycles. The van der Waals surface area contributed by atoms with Gasteiger partial charge in [0.1, 0.15) is 0 Å². The number of aryl methyl sites for hydroxylation is 1. The van der Waals surface area contributed by atoms with Crippen LogP contribution in [0.5, 0.6) is 0 Å². The summed E-state index contributed by atoms with van der Waals surface area (Å²) in [6.07, 6.45) is 3.20. The van der Waals surface area contributed by atoms with Crippen LogP contribution in [0.1, 0.15) is 18.1 Å². The number of hydrogen-bond donors (Lipinski definition) is 2. The van der Waals surface area contributed by atoms with Crippen LogP contribution >= 0.6 is 0 Å². The Balaban J connectivity index is 2.32. The molecule has 1 aromatic heterocycles. The number of carboxylic acids is 1. The first-order valence-electron chi connectivity index (χ1n) is 6.34. The largest absolute Gasteiger partial charge is 0.478 e. The predicted octanol–water partition coefficient (Wildman–Crippen LogP) is 2.70. The topological polar surface area (TPSA) is 70.2 Å². The van der Waals surface area contributed by atoms with Crippen molar-refractivity contribution in [1.82, 2.24) is 4.98 Å². The maximum absolute atomic E-state index is 11.8. The summed E-state index contributed by atoms with van der Waals surface area (Å²) in [7, 11) is 0. The summed E-state index contributed by atoms with van der Waals surface area (Å²) in [5.74, 6) is -1.08. The molecule has 1 heterocycles. The zero-order valence-electron chi connectivity index (χ0n) is 11.1. The monoisotopic (exact) mass is 269 g/mol. The lowest BCUT2D eigenvalue weighted by molar-refractivity contribution is -0.131. The molecule has 0 aliphatic heterocycles. The first-order valence-corrected chi connectivity index (χ1v) is 6.34. The molecule has 2 aromatic rings. The highest BCUT2D eigenvalue weighted by atomic mass is 16.4. The fraction of sp³-hybridized carbons (Fsp3) is 0.125. The molecule has 0 saturated heterocycles. The molecular weight excluding hydrogens is 254 g/mol. The number of nitrogens with one attached hydrogen (secondary N) is 1. The molecule has 0 spiro atoms. The fourth-order valence-electron chi connectivity index (χ4n) is 1.87. The summed E-state index contributed by atoms with van der Waals surface area (Å²) in [5.41, 5.74) is 2.89. The Hall–Kier alpha value is -2.62. The standard InChI is InChI=1S/C16H15NO3/c1-2-11-3-5-12(6-4-11)14-9-7-13(16(20)17-14)8-10-15(18)19/h3-10H,2H2,1H3,(H,17,20)(H,18,19)/b10-8+. The van der Waals surface area contributed by atoms with Gasteiger partial charge < -0.3 is 10.1 Å². The Morgan fingerprint density at radius 2 is 1.90 bits per heavy atom. The molecule has 0 unspecified atom stereocenters. The van der Waals surface area contributed by atoms with Crippen LogP contribution in [0.2, 0.25) is 0 Å². The van der Waals surface area contributed by atoms with E-state index in [4.69, 9.17) is 5.11 Å². The number of H-pyrrole nitrogens is 1. The van der Waals surface area contributed by atoms with Gasteiger partial charge in [-0.1, -0.05) is 31.2 Å². The average molecular weight is 269 g/mol. The fourth-order valence-corrected chi connectivity index (χ4v) is 1.87. The number of aromatic nitrogens is 1. The van der Waals surface area contributed by atoms with E-state index < -0.39 is 5.97 Å². The molecule has 0 amide bonds. The van der Waals surface area contributed by atoms with E-state index in [0.29, 0.717) is 11.3 Å². The van der Waals surface area contributed by atoms with Gasteiger partial charge in [-0.15, -0.1) is 0 Å². The number of carboxylic acid groups (broad SMARTS) is 1. The van der Waals surface area contributed by atoms with Gasteiger partial charge in [0.15, 0.2) is 0 Å². The first kappa shape index (κ1) is 13.8. The summed E-state index contributed by atoms with van der Waals surface area (Å²) < 4.78 is 0. The minimum absolute atomic E-state index is 0.306. The van der Waals surface area contributed by atoms with E-state index in [-0.39, 0.29) is 5.56 Å². The zero-order chi connectivity index (χ0) is 14.5. The van der Waals surface area contributed by atoms with Crippen molar-refractivity contribution in [3.8, 4) is 11.3 Å². The molecule has 2 N–H and O–H groups in total. The molecule has 102 valence electrons. The maximum Gasteiger partial charge on any atom is 0.328 e. The maximum atomic E-state index is 11.8. The molecule has 0 fully saturated rings.